The van der Waals surface area contributed by atoms with E-state index >= 15 is 0 Å². The molecule has 1 aromatic heterocycles. The smallest absolute Gasteiger partial charge is 0.213 e. The second kappa shape index (κ2) is 5.49. The van der Waals surface area contributed by atoms with E-state index in [-0.39, 0.29) is 0 Å². The van der Waals surface area contributed by atoms with Gasteiger partial charge in [0.25, 0.3) is 0 Å². The fourth-order valence-electron chi connectivity index (χ4n) is 1.52. The monoisotopic (exact) mass is 271 g/mol. The summed E-state index contributed by atoms with van der Waals surface area (Å²) in [6.45, 7) is 1.27. The highest BCUT2D eigenvalue weighted by atomic mass is 35.5. The summed E-state index contributed by atoms with van der Waals surface area (Å²) in [7, 11) is 1.95. The summed E-state index contributed by atoms with van der Waals surface area (Å²) in [5, 5.41) is 4.91. The van der Waals surface area contributed by atoms with Gasteiger partial charge < -0.3 is 4.52 Å². The van der Waals surface area contributed by atoms with Gasteiger partial charge in [0.05, 0.1) is 16.6 Å². The number of hydrogen-bond acceptors (Lipinski definition) is 4. The van der Waals surface area contributed by atoms with Gasteiger partial charge in [0.2, 0.25) is 6.39 Å². The van der Waals surface area contributed by atoms with Crippen molar-refractivity contribution in [2.45, 2.75) is 13.1 Å². The number of rotatable bonds is 4. The Morgan fingerprint density at radius 2 is 2.12 bits per heavy atom. The van der Waals surface area contributed by atoms with Gasteiger partial charge in [0.15, 0.2) is 5.82 Å². The van der Waals surface area contributed by atoms with Crippen LogP contribution < -0.4 is 0 Å². The summed E-state index contributed by atoms with van der Waals surface area (Å²) in [6.07, 6.45) is 1.32. The molecule has 0 unspecified atom stereocenters. The molecule has 6 heteroatoms. The van der Waals surface area contributed by atoms with E-state index < -0.39 is 0 Å². The molecule has 0 atom stereocenters. The van der Waals surface area contributed by atoms with Crippen molar-refractivity contribution in [1.82, 2.24) is 15.0 Å². The molecule has 0 N–H and O–H groups in total. The van der Waals surface area contributed by atoms with E-state index in [1.807, 2.05) is 24.1 Å². The Balaban J connectivity index is 2.03. The maximum Gasteiger partial charge on any atom is 0.213 e. The topological polar surface area (TPSA) is 42.2 Å². The predicted octanol–water partition coefficient (Wildman–Crippen LogP) is 3.01. The summed E-state index contributed by atoms with van der Waals surface area (Å²) in [5.41, 5.74) is 0.977. The molecule has 0 saturated carbocycles. The summed E-state index contributed by atoms with van der Waals surface area (Å²) >= 11 is 12.1. The van der Waals surface area contributed by atoms with E-state index in [9.17, 15) is 0 Å². The molecule has 2 rings (SSSR count). The fraction of sp³-hybridized carbons (Fsp3) is 0.273. The van der Waals surface area contributed by atoms with Gasteiger partial charge in [-0.2, -0.15) is 4.98 Å². The Hall–Kier alpha value is -1.10. The van der Waals surface area contributed by atoms with E-state index in [4.69, 9.17) is 23.2 Å². The van der Waals surface area contributed by atoms with Gasteiger partial charge in [0.1, 0.15) is 0 Å². The van der Waals surface area contributed by atoms with E-state index in [1.165, 1.54) is 6.39 Å². The minimum Gasteiger partial charge on any atom is -0.343 e. The normalized spacial score (nSPS) is 11.1. The quantitative estimate of drug-likeness (QED) is 0.858. The molecule has 17 heavy (non-hydrogen) atoms. The Morgan fingerprint density at radius 3 is 2.82 bits per heavy atom. The third-order valence-corrected chi connectivity index (χ3v) is 3.15. The molecule has 0 saturated heterocycles. The first-order chi connectivity index (χ1) is 8.16. The zero-order valence-electron chi connectivity index (χ0n) is 9.23. The third-order valence-electron chi connectivity index (χ3n) is 2.29. The summed E-state index contributed by atoms with van der Waals surface area (Å²) in [4.78, 5) is 5.99. The van der Waals surface area contributed by atoms with Crippen LogP contribution in [-0.2, 0) is 13.1 Å². The Bertz CT molecular complexity index is 487. The maximum atomic E-state index is 6.11. The highest BCUT2D eigenvalue weighted by Crippen LogP contribution is 2.26. The van der Waals surface area contributed by atoms with Crippen molar-refractivity contribution in [3.8, 4) is 0 Å². The van der Waals surface area contributed by atoms with Crippen LogP contribution in [0.4, 0.5) is 0 Å². The Labute approximate surface area is 109 Å². The molecular weight excluding hydrogens is 261 g/mol. The molecule has 0 bridgehead atoms. The third kappa shape index (κ3) is 3.19. The lowest BCUT2D eigenvalue weighted by atomic mass is 10.2. The molecule has 0 fully saturated rings. The van der Waals surface area contributed by atoms with Crippen molar-refractivity contribution in [2.24, 2.45) is 0 Å². The highest BCUT2D eigenvalue weighted by molar-refractivity contribution is 6.42. The molecule has 0 radical (unpaired) electrons. The Morgan fingerprint density at radius 1 is 1.29 bits per heavy atom. The average molecular weight is 272 g/mol. The van der Waals surface area contributed by atoms with Gasteiger partial charge in [-0.3, -0.25) is 4.90 Å². The molecule has 0 aliphatic heterocycles. The van der Waals surface area contributed by atoms with Crippen LogP contribution in [0.1, 0.15) is 11.4 Å². The number of benzene rings is 1. The molecule has 0 spiro atoms. The summed E-state index contributed by atoms with van der Waals surface area (Å²) < 4.78 is 4.67. The fourth-order valence-corrected chi connectivity index (χ4v) is 1.90. The van der Waals surface area contributed by atoms with Gasteiger partial charge in [0, 0.05) is 6.54 Å². The lowest BCUT2D eigenvalue weighted by molar-refractivity contribution is 0.301. The van der Waals surface area contributed by atoms with E-state index in [0.29, 0.717) is 29.0 Å². The van der Waals surface area contributed by atoms with Crippen LogP contribution in [0.25, 0.3) is 0 Å². The number of nitrogens with zero attached hydrogens (tertiary/aromatic N) is 3. The van der Waals surface area contributed by atoms with Gasteiger partial charge in [-0.05, 0) is 18.7 Å². The standard InChI is InChI=1S/C11H11Cl2N3O/c1-16(6-10-14-7-17-15-10)5-8-3-2-4-9(12)11(8)13/h2-4,7H,5-6H2,1H3. The average Bonchev–Trinajstić information content (AvgIpc) is 2.77. The molecule has 90 valence electrons. The lowest BCUT2D eigenvalue weighted by Gasteiger charge is -2.15. The van der Waals surface area contributed by atoms with Crippen LogP contribution in [0.2, 0.25) is 10.0 Å². The number of halogens is 2. The van der Waals surface area contributed by atoms with Crippen LogP contribution in [-0.4, -0.2) is 22.1 Å². The molecule has 1 aromatic carbocycles. The van der Waals surface area contributed by atoms with E-state index in [1.54, 1.807) is 6.07 Å². The minimum atomic E-state index is 0.567. The molecule has 2 aromatic rings. The van der Waals surface area contributed by atoms with Gasteiger partial charge >= 0.3 is 0 Å². The van der Waals surface area contributed by atoms with Crippen molar-refractivity contribution < 1.29 is 4.52 Å². The molecule has 1 heterocycles. The molecule has 4 nitrogen and oxygen atoms in total. The van der Waals surface area contributed by atoms with E-state index in [0.717, 1.165) is 5.56 Å². The SMILES string of the molecule is CN(Cc1ncon1)Cc1cccc(Cl)c1Cl. The zero-order valence-corrected chi connectivity index (χ0v) is 10.7. The first-order valence-corrected chi connectivity index (χ1v) is 5.79. The molecule has 0 amide bonds. The van der Waals surface area contributed by atoms with Crippen LogP contribution in [0.5, 0.6) is 0 Å². The van der Waals surface area contributed by atoms with E-state index in [2.05, 4.69) is 14.7 Å². The Kier molecular flexibility index (Phi) is 3.99. The van der Waals surface area contributed by atoms with Crippen LogP contribution in [0.3, 0.4) is 0 Å². The minimum absolute atomic E-state index is 0.567. The van der Waals surface area contributed by atoms with Crippen molar-refractivity contribution >= 4 is 23.2 Å². The van der Waals surface area contributed by atoms with Crippen LogP contribution in [0, 0.1) is 0 Å². The van der Waals surface area contributed by atoms with Crippen molar-refractivity contribution in [2.75, 3.05) is 7.05 Å². The molecular formula is C11H11Cl2N3O. The van der Waals surface area contributed by atoms with Gasteiger partial charge in [-0.25, -0.2) is 0 Å². The predicted molar refractivity (Wildman–Crippen MR) is 65.9 cm³/mol. The summed E-state index contributed by atoms with van der Waals surface area (Å²) in [6, 6.07) is 5.60. The largest absolute Gasteiger partial charge is 0.343 e. The van der Waals surface area contributed by atoms with Crippen molar-refractivity contribution in [3.63, 3.8) is 0 Å². The van der Waals surface area contributed by atoms with Crippen molar-refractivity contribution in [1.29, 1.82) is 0 Å². The maximum absolute atomic E-state index is 6.11. The first-order valence-electron chi connectivity index (χ1n) is 5.03. The first kappa shape index (κ1) is 12.4. The highest BCUT2D eigenvalue weighted by Gasteiger charge is 2.09. The molecule has 0 aliphatic carbocycles. The zero-order chi connectivity index (χ0) is 12.3. The van der Waals surface area contributed by atoms with Crippen LogP contribution in [0.15, 0.2) is 29.1 Å². The molecule has 0 aliphatic rings. The second-order valence-electron chi connectivity index (χ2n) is 3.73. The van der Waals surface area contributed by atoms with Crippen LogP contribution >= 0.6 is 23.2 Å². The van der Waals surface area contributed by atoms with Gasteiger partial charge in [-0.1, -0.05) is 40.5 Å². The second-order valence-corrected chi connectivity index (χ2v) is 4.52. The lowest BCUT2D eigenvalue weighted by Crippen LogP contribution is -2.18. The number of aromatic nitrogens is 2. The van der Waals surface area contributed by atoms with Crippen molar-refractivity contribution in [3.05, 3.63) is 46.0 Å². The summed E-state index contributed by atoms with van der Waals surface area (Å²) in [5.74, 6) is 0.644. The van der Waals surface area contributed by atoms with Gasteiger partial charge in [-0.15, -0.1) is 0 Å². The number of hydrogen-bond donors (Lipinski definition) is 0.